The van der Waals surface area contributed by atoms with Crippen LogP contribution in [0.4, 0.5) is 5.69 Å². The molecule has 2 amide bonds. The highest BCUT2D eigenvalue weighted by atomic mass is 16.1. The Balaban J connectivity index is 1.46. The van der Waals surface area contributed by atoms with Crippen molar-refractivity contribution in [2.24, 2.45) is 5.73 Å². The van der Waals surface area contributed by atoms with E-state index in [1.807, 2.05) is 18.2 Å². The summed E-state index contributed by atoms with van der Waals surface area (Å²) in [6, 6.07) is 18.7. The third-order valence-electron chi connectivity index (χ3n) is 6.81. The molecule has 2 aliphatic rings. The van der Waals surface area contributed by atoms with Crippen molar-refractivity contribution in [2.45, 2.75) is 51.4 Å². The zero-order chi connectivity index (χ0) is 26.6. The fraction of sp³-hybridized carbons (Fsp3) is 0.235. The van der Waals surface area contributed by atoms with Gasteiger partial charge in [-0.2, -0.15) is 0 Å². The van der Waals surface area contributed by atoms with E-state index in [-0.39, 0.29) is 11.8 Å². The summed E-state index contributed by atoms with van der Waals surface area (Å²) in [6.45, 7) is 0. The van der Waals surface area contributed by atoms with Crippen LogP contribution in [-0.4, -0.2) is 11.8 Å². The Labute approximate surface area is 229 Å². The SMILES string of the molecule is NC(=O)CCCCCCC(=O)Nc1ccc(/C(=C(/CC[C]2[CH][CH][CH][CH]2)[C]2[CH][CH][CH][CH]2)c2ccccc2)cc1. The van der Waals surface area contributed by atoms with Crippen LogP contribution in [0.2, 0.25) is 0 Å². The standard InChI is InChI=1S/C34H36N2O2/c35-32(37)18-6-1-2-7-19-33(38)36-30-23-21-29(22-24-30)34(28-16-4-3-5-17-28)31(27-14-10-11-15-27)25-20-26-12-8-9-13-26/h3-5,8-17,21-24H,1-2,6-7,18-20,25H2,(H2,35,37)(H,36,38)/b34-31-. The third kappa shape index (κ3) is 8.58. The number of primary amides is 1. The van der Waals surface area contributed by atoms with Crippen LogP contribution in [0.15, 0.2) is 60.2 Å². The Morgan fingerprint density at radius 3 is 1.92 bits per heavy atom. The Morgan fingerprint density at radius 1 is 0.658 bits per heavy atom. The quantitative estimate of drug-likeness (QED) is 0.276. The molecule has 2 saturated carbocycles. The summed E-state index contributed by atoms with van der Waals surface area (Å²) in [5.41, 5.74) is 10.8. The maximum absolute atomic E-state index is 12.5. The lowest BCUT2D eigenvalue weighted by molar-refractivity contribution is -0.118. The Morgan fingerprint density at radius 2 is 1.26 bits per heavy atom. The molecule has 4 heteroatoms. The van der Waals surface area contributed by atoms with Crippen molar-refractivity contribution < 1.29 is 9.59 Å². The predicted octanol–water partition coefficient (Wildman–Crippen LogP) is 6.84. The second kappa shape index (κ2) is 14.9. The van der Waals surface area contributed by atoms with Crippen molar-refractivity contribution in [3.8, 4) is 0 Å². The lowest BCUT2D eigenvalue weighted by atomic mass is 9.82. The molecule has 4 nitrogen and oxygen atoms in total. The van der Waals surface area contributed by atoms with E-state index in [0.29, 0.717) is 12.8 Å². The molecule has 2 aromatic carbocycles. The summed E-state index contributed by atoms with van der Waals surface area (Å²) >= 11 is 0. The molecular weight excluding hydrogens is 468 g/mol. The molecular formula is C34H36N2O2. The number of hydrogen-bond donors (Lipinski definition) is 2. The van der Waals surface area contributed by atoms with Crippen LogP contribution in [0.25, 0.3) is 5.57 Å². The average Bonchev–Trinajstić information content (AvgIpc) is 3.65. The topological polar surface area (TPSA) is 72.2 Å². The number of benzene rings is 2. The van der Waals surface area contributed by atoms with Gasteiger partial charge in [0.15, 0.2) is 0 Å². The second-order valence-corrected chi connectivity index (χ2v) is 9.69. The van der Waals surface area contributed by atoms with E-state index in [1.165, 1.54) is 28.5 Å². The fourth-order valence-corrected chi connectivity index (χ4v) is 4.84. The monoisotopic (exact) mass is 504 g/mol. The lowest BCUT2D eigenvalue weighted by Crippen LogP contribution is -2.11. The van der Waals surface area contributed by atoms with E-state index < -0.39 is 0 Å². The van der Waals surface area contributed by atoms with Crippen LogP contribution in [0.5, 0.6) is 0 Å². The smallest absolute Gasteiger partial charge is 0.224 e. The van der Waals surface area contributed by atoms with Crippen molar-refractivity contribution >= 4 is 23.1 Å². The van der Waals surface area contributed by atoms with Gasteiger partial charge in [0.1, 0.15) is 0 Å². The maximum Gasteiger partial charge on any atom is 0.224 e. The van der Waals surface area contributed by atoms with Gasteiger partial charge in [0.25, 0.3) is 0 Å². The number of amides is 2. The molecule has 194 valence electrons. The first kappa shape index (κ1) is 28.1. The number of allylic oxidation sites excluding steroid dienone is 1. The summed E-state index contributed by atoms with van der Waals surface area (Å²) in [4.78, 5) is 23.3. The highest BCUT2D eigenvalue weighted by molar-refractivity contribution is 5.91. The first-order valence-electron chi connectivity index (χ1n) is 13.5. The minimum Gasteiger partial charge on any atom is -0.370 e. The van der Waals surface area contributed by atoms with Crippen molar-refractivity contribution in [3.05, 3.63) is 134 Å². The Kier molecular flexibility index (Phi) is 11.0. The second-order valence-electron chi connectivity index (χ2n) is 9.69. The zero-order valence-electron chi connectivity index (χ0n) is 21.9. The van der Waals surface area contributed by atoms with Crippen molar-refractivity contribution in [3.63, 3.8) is 0 Å². The first-order valence-corrected chi connectivity index (χ1v) is 13.5. The van der Waals surface area contributed by atoms with Gasteiger partial charge >= 0.3 is 0 Å². The van der Waals surface area contributed by atoms with E-state index in [2.05, 4.69) is 93.1 Å². The average molecular weight is 505 g/mol. The summed E-state index contributed by atoms with van der Waals surface area (Å²) in [5, 5.41) is 3.03. The number of nitrogens with two attached hydrogens (primary N) is 1. The number of hydrogen-bond acceptors (Lipinski definition) is 2. The molecule has 0 heterocycles. The highest BCUT2D eigenvalue weighted by Crippen LogP contribution is 2.42. The van der Waals surface area contributed by atoms with Crippen LogP contribution >= 0.6 is 0 Å². The molecule has 0 unspecified atom stereocenters. The molecule has 0 spiro atoms. The Hall–Kier alpha value is -2.88. The van der Waals surface area contributed by atoms with Crippen LogP contribution in [0.3, 0.4) is 0 Å². The summed E-state index contributed by atoms with van der Waals surface area (Å²) in [6.07, 6.45) is 23.3. The van der Waals surface area contributed by atoms with Crippen LogP contribution in [-0.2, 0) is 9.59 Å². The first-order chi connectivity index (χ1) is 18.6. The molecule has 0 aliphatic heterocycles. The van der Waals surface area contributed by atoms with Gasteiger partial charge in [-0.3, -0.25) is 9.59 Å². The summed E-state index contributed by atoms with van der Waals surface area (Å²) < 4.78 is 0. The van der Waals surface area contributed by atoms with E-state index in [0.717, 1.165) is 49.8 Å². The van der Waals surface area contributed by atoms with Gasteiger partial charge in [0.2, 0.25) is 11.8 Å². The van der Waals surface area contributed by atoms with E-state index >= 15 is 0 Å². The number of anilines is 1. The van der Waals surface area contributed by atoms with Gasteiger partial charge < -0.3 is 11.1 Å². The van der Waals surface area contributed by atoms with Gasteiger partial charge in [-0.15, -0.1) is 0 Å². The van der Waals surface area contributed by atoms with Crippen LogP contribution in [0, 0.1) is 63.2 Å². The summed E-state index contributed by atoms with van der Waals surface area (Å²) in [7, 11) is 0. The highest BCUT2D eigenvalue weighted by Gasteiger charge is 2.27. The number of carbonyl (C=O) groups is 2. The predicted molar refractivity (Wildman–Crippen MR) is 155 cm³/mol. The van der Waals surface area contributed by atoms with Crippen LogP contribution < -0.4 is 11.1 Å². The minimum atomic E-state index is -0.264. The van der Waals surface area contributed by atoms with Crippen LogP contribution in [0.1, 0.15) is 62.5 Å². The normalized spacial score (nSPS) is 16.9. The largest absolute Gasteiger partial charge is 0.370 e. The van der Waals surface area contributed by atoms with Gasteiger partial charge in [0.05, 0.1) is 0 Å². The Bertz CT molecular complexity index is 1050. The number of unbranched alkanes of at least 4 members (excludes halogenated alkanes) is 3. The molecule has 38 heavy (non-hydrogen) atoms. The molecule has 2 aromatic rings. The minimum absolute atomic E-state index is 0.0126. The van der Waals surface area contributed by atoms with Gasteiger partial charge in [0, 0.05) is 24.4 Å². The summed E-state index contributed by atoms with van der Waals surface area (Å²) in [5.74, 6) is 2.33. The molecule has 0 bridgehead atoms. The molecule has 0 saturated heterocycles. The number of nitrogens with one attached hydrogen (secondary N) is 1. The molecule has 0 atom stereocenters. The fourth-order valence-electron chi connectivity index (χ4n) is 4.84. The number of rotatable bonds is 14. The van der Waals surface area contributed by atoms with E-state index in [4.69, 9.17) is 5.73 Å². The molecule has 4 rings (SSSR count). The van der Waals surface area contributed by atoms with E-state index in [1.54, 1.807) is 0 Å². The van der Waals surface area contributed by atoms with Crippen molar-refractivity contribution in [2.75, 3.05) is 5.32 Å². The number of carbonyl (C=O) groups excluding carboxylic acids is 2. The molecule has 3 N–H and O–H groups in total. The molecule has 2 fully saturated rings. The molecule has 2 aliphatic carbocycles. The molecule has 0 aromatic heterocycles. The maximum atomic E-state index is 12.5. The molecule has 10 radical (unpaired) electrons. The van der Waals surface area contributed by atoms with Gasteiger partial charge in [-0.25, -0.2) is 0 Å². The van der Waals surface area contributed by atoms with Gasteiger partial charge in [-0.1, -0.05) is 60.9 Å². The third-order valence-corrected chi connectivity index (χ3v) is 6.81. The van der Waals surface area contributed by atoms with E-state index in [9.17, 15) is 9.59 Å². The lowest BCUT2D eigenvalue weighted by Gasteiger charge is -2.22. The van der Waals surface area contributed by atoms with Gasteiger partial charge in [-0.05, 0) is 112 Å². The van der Waals surface area contributed by atoms with Crippen molar-refractivity contribution in [1.29, 1.82) is 0 Å². The zero-order valence-corrected chi connectivity index (χ0v) is 21.9. The van der Waals surface area contributed by atoms with Crippen molar-refractivity contribution in [1.82, 2.24) is 0 Å².